The fourth-order valence-corrected chi connectivity index (χ4v) is 2.98. The minimum atomic E-state index is 0.412. The first-order chi connectivity index (χ1) is 11.6. The topological polar surface area (TPSA) is 70.1 Å². The van der Waals surface area contributed by atoms with Crippen LogP contribution in [0.5, 0.6) is 0 Å². The first-order valence-electron chi connectivity index (χ1n) is 8.36. The Kier molecular flexibility index (Phi) is 5.20. The van der Waals surface area contributed by atoms with Crippen molar-refractivity contribution in [3.8, 4) is 0 Å². The largest absolute Gasteiger partial charge is 0.366 e. The van der Waals surface area contributed by atoms with Crippen LogP contribution in [0, 0.1) is 6.92 Å². The van der Waals surface area contributed by atoms with Crippen LogP contribution in [0.2, 0.25) is 0 Å². The number of aryl methyl sites for hydroxylation is 1. The van der Waals surface area contributed by atoms with Crippen molar-refractivity contribution in [1.82, 2.24) is 24.8 Å². The highest BCUT2D eigenvalue weighted by Crippen LogP contribution is 2.17. The average Bonchev–Trinajstić information content (AvgIpc) is 2.56. The van der Waals surface area contributed by atoms with E-state index in [1.165, 1.54) is 6.42 Å². The van der Waals surface area contributed by atoms with E-state index in [-0.39, 0.29) is 0 Å². The molecular formula is C17H25N7. The van der Waals surface area contributed by atoms with Crippen molar-refractivity contribution in [2.24, 2.45) is 0 Å². The number of nitrogens with zero attached hydrogens (tertiary/aromatic N) is 6. The molecule has 0 spiro atoms. The minimum Gasteiger partial charge on any atom is -0.366 e. The van der Waals surface area contributed by atoms with Gasteiger partial charge in [0.25, 0.3) is 0 Å². The minimum absolute atomic E-state index is 0.412. The van der Waals surface area contributed by atoms with Crippen molar-refractivity contribution in [3.63, 3.8) is 0 Å². The molecule has 0 bridgehead atoms. The summed E-state index contributed by atoms with van der Waals surface area (Å²) >= 11 is 0. The summed E-state index contributed by atoms with van der Waals surface area (Å²) < 4.78 is 0. The number of rotatable bonds is 5. The van der Waals surface area contributed by atoms with E-state index in [1.54, 1.807) is 6.33 Å². The van der Waals surface area contributed by atoms with Gasteiger partial charge in [0, 0.05) is 62.9 Å². The van der Waals surface area contributed by atoms with Crippen molar-refractivity contribution >= 4 is 11.8 Å². The summed E-state index contributed by atoms with van der Waals surface area (Å²) in [5.74, 6) is 1.66. The molecule has 2 aromatic heterocycles. The van der Waals surface area contributed by atoms with Gasteiger partial charge in [-0.25, -0.2) is 19.9 Å². The van der Waals surface area contributed by atoms with Gasteiger partial charge >= 0.3 is 0 Å². The number of aromatic nitrogens is 4. The Morgan fingerprint density at radius 2 is 2.00 bits per heavy atom. The van der Waals surface area contributed by atoms with E-state index in [0.717, 1.165) is 49.1 Å². The number of likely N-dealkylation sites (tertiary alicyclic amines) is 1. The third-order valence-corrected chi connectivity index (χ3v) is 4.16. The third kappa shape index (κ3) is 4.38. The predicted molar refractivity (Wildman–Crippen MR) is 95.0 cm³/mol. The van der Waals surface area contributed by atoms with Gasteiger partial charge in [-0.1, -0.05) is 0 Å². The summed E-state index contributed by atoms with van der Waals surface area (Å²) in [6.45, 7) is 4.97. The van der Waals surface area contributed by atoms with E-state index < -0.39 is 0 Å². The Bertz CT molecular complexity index is 656. The first-order valence-corrected chi connectivity index (χ1v) is 8.36. The zero-order valence-corrected chi connectivity index (χ0v) is 14.6. The van der Waals surface area contributed by atoms with E-state index in [0.29, 0.717) is 6.04 Å². The Balaban J connectivity index is 1.57. The third-order valence-electron chi connectivity index (χ3n) is 4.16. The van der Waals surface area contributed by atoms with Gasteiger partial charge in [0.05, 0.1) is 0 Å². The van der Waals surface area contributed by atoms with E-state index in [4.69, 9.17) is 0 Å². The van der Waals surface area contributed by atoms with Gasteiger partial charge in [0.15, 0.2) is 0 Å². The van der Waals surface area contributed by atoms with E-state index in [1.807, 2.05) is 44.4 Å². The van der Waals surface area contributed by atoms with Crippen LogP contribution < -0.4 is 10.2 Å². The molecule has 1 aliphatic heterocycles. The molecule has 1 unspecified atom stereocenters. The van der Waals surface area contributed by atoms with Gasteiger partial charge in [0.2, 0.25) is 5.95 Å². The maximum Gasteiger partial charge on any atom is 0.224 e. The predicted octanol–water partition coefficient (Wildman–Crippen LogP) is 1.72. The maximum absolute atomic E-state index is 4.40. The highest BCUT2D eigenvalue weighted by Gasteiger charge is 2.20. The molecule has 3 heterocycles. The summed E-state index contributed by atoms with van der Waals surface area (Å²) in [4.78, 5) is 21.6. The molecule has 1 saturated heterocycles. The lowest BCUT2D eigenvalue weighted by Crippen LogP contribution is -2.41. The normalized spacial score (nSPS) is 18.4. The quantitative estimate of drug-likeness (QED) is 0.896. The molecule has 1 atom stereocenters. The molecule has 0 aromatic carbocycles. The molecule has 0 aliphatic carbocycles. The molecule has 1 N–H and O–H groups in total. The van der Waals surface area contributed by atoms with E-state index in [2.05, 4.69) is 30.2 Å². The van der Waals surface area contributed by atoms with Gasteiger partial charge < -0.3 is 10.2 Å². The van der Waals surface area contributed by atoms with Crippen LogP contribution in [0.1, 0.15) is 24.1 Å². The van der Waals surface area contributed by atoms with Crippen molar-refractivity contribution in [2.45, 2.75) is 32.4 Å². The van der Waals surface area contributed by atoms with Crippen LogP contribution in [0.25, 0.3) is 0 Å². The summed E-state index contributed by atoms with van der Waals surface area (Å²) in [7, 11) is 3.90. The fourth-order valence-electron chi connectivity index (χ4n) is 2.98. The molecule has 1 aliphatic rings. The number of piperidine rings is 1. The smallest absolute Gasteiger partial charge is 0.224 e. The molecule has 7 nitrogen and oxygen atoms in total. The van der Waals surface area contributed by atoms with Crippen LogP contribution in [0.4, 0.5) is 11.8 Å². The van der Waals surface area contributed by atoms with Crippen molar-refractivity contribution in [2.75, 3.05) is 37.4 Å². The summed E-state index contributed by atoms with van der Waals surface area (Å²) in [5, 5.41) is 3.53. The molecule has 2 aromatic rings. The second-order valence-corrected chi connectivity index (χ2v) is 6.55. The van der Waals surface area contributed by atoms with Crippen LogP contribution in [0.3, 0.4) is 0 Å². The van der Waals surface area contributed by atoms with Crippen LogP contribution in [-0.4, -0.2) is 58.1 Å². The van der Waals surface area contributed by atoms with Gasteiger partial charge in [-0.2, -0.15) is 0 Å². The summed E-state index contributed by atoms with van der Waals surface area (Å²) in [5.41, 5.74) is 2.14. The zero-order valence-electron chi connectivity index (χ0n) is 14.6. The molecule has 3 rings (SSSR count). The SMILES string of the molecule is Cc1cc(NC2CCCN(Cc3cnc(N(C)C)nc3)C2)ncn1. The number of nitrogens with one attached hydrogen (secondary N) is 1. The molecule has 0 amide bonds. The van der Waals surface area contributed by atoms with Crippen LogP contribution >= 0.6 is 0 Å². The lowest BCUT2D eigenvalue weighted by molar-refractivity contribution is 0.208. The molecule has 7 heteroatoms. The van der Waals surface area contributed by atoms with Gasteiger partial charge in [0.1, 0.15) is 12.1 Å². The summed E-state index contributed by atoms with van der Waals surface area (Å²) in [6, 6.07) is 2.40. The lowest BCUT2D eigenvalue weighted by Gasteiger charge is -2.33. The molecule has 0 radical (unpaired) electrons. The van der Waals surface area contributed by atoms with Gasteiger partial charge in [-0.15, -0.1) is 0 Å². The molecule has 1 fully saturated rings. The fraction of sp³-hybridized carbons (Fsp3) is 0.529. The Labute approximate surface area is 143 Å². The lowest BCUT2D eigenvalue weighted by atomic mass is 10.1. The van der Waals surface area contributed by atoms with Gasteiger partial charge in [-0.3, -0.25) is 4.90 Å². The molecular weight excluding hydrogens is 302 g/mol. The van der Waals surface area contributed by atoms with E-state index >= 15 is 0 Å². The molecule has 0 saturated carbocycles. The Morgan fingerprint density at radius 3 is 2.71 bits per heavy atom. The number of anilines is 2. The molecule has 128 valence electrons. The number of hydrogen-bond donors (Lipinski definition) is 1. The second-order valence-electron chi connectivity index (χ2n) is 6.55. The Morgan fingerprint density at radius 1 is 1.21 bits per heavy atom. The van der Waals surface area contributed by atoms with E-state index in [9.17, 15) is 0 Å². The molecule has 24 heavy (non-hydrogen) atoms. The standard InChI is InChI=1S/C17H25N7/c1-13-7-16(21-12-20-13)22-15-5-4-6-24(11-15)10-14-8-18-17(19-9-14)23(2)3/h7-9,12,15H,4-6,10-11H2,1-3H3,(H,20,21,22). The highest BCUT2D eigenvalue weighted by molar-refractivity contribution is 5.36. The van der Waals surface area contributed by atoms with Crippen molar-refractivity contribution in [1.29, 1.82) is 0 Å². The van der Waals surface area contributed by atoms with Gasteiger partial charge in [-0.05, 0) is 26.3 Å². The Hall–Kier alpha value is -2.28. The van der Waals surface area contributed by atoms with Crippen molar-refractivity contribution < 1.29 is 0 Å². The van der Waals surface area contributed by atoms with Crippen LogP contribution in [0.15, 0.2) is 24.8 Å². The first kappa shape index (κ1) is 16.6. The summed E-state index contributed by atoms with van der Waals surface area (Å²) in [6.07, 6.45) is 7.80. The number of hydrogen-bond acceptors (Lipinski definition) is 7. The average molecular weight is 327 g/mol. The zero-order chi connectivity index (χ0) is 16.9. The van der Waals surface area contributed by atoms with Crippen molar-refractivity contribution in [3.05, 3.63) is 36.0 Å². The van der Waals surface area contributed by atoms with Crippen LogP contribution in [-0.2, 0) is 6.54 Å². The second kappa shape index (κ2) is 7.53. The maximum atomic E-state index is 4.40. The highest BCUT2D eigenvalue weighted by atomic mass is 15.2. The monoisotopic (exact) mass is 327 g/mol.